The van der Waals surface area contributed by atoms with Gasteiger partial charge in [0.15, 0.2) is 5.96 Å². The standard InChI is InChI=1S/C18H29N3O2/c1-3-19-18(20-10-16-6-4-5-14(2)9-16)21-11-17(22)13-23-12-15-7-8-15/h4-6,9,15,17,22H,3,7-8,10-13H2,1-2H3,(H2,19,20,21). The number of aliphatic hydroxyl groups is 1. The van der Waals surface area contributed by atoms with E-state index in [0.717, 1.165) is 25.0 Å². The molecule has 0 aliphatic heterocycles. The van der Waals surface area contributed by atoms with Gasteiger partial charge in [0.1, 0.15) is 0 Å². The fourth-order valence-corrected chi connectivity index (χ4v) is 2.25. The van der Waals surface area contributed by atoms with Crippen molar-refractivity contribution in [2.75, 3.05) is 26.3 Å². The lowest BCUT2D eigenvalue weighted by Gasteiger charge is -2.15. The van der Waals surface area contributed by atoms with Crippen LogP contribution in [0.1, 0.15) is 30.9 Å². The summed E-state index contributed by atoms with van der Waals surface area (Å²) in [5.41, 5.74) is 2.41. The van der Waals surface area contributed by atoms with E-state index in [4.69, 9.17) is 4.74 Å². The Morgan fingerprint density at radius 1 is 1.39 bits per heavy atom. The van der Waals surface area contributed by atoms with Gasteiger partial charge in [-0.05, 0) is 38.2 Å². The summed E-state index contributed by atoms with van der Waals surface area (Å²) in [6, 6.07) is 8.32. The number of benzene rings is 1. The predicted molar refractivity (Wildman–Crippen MR) is 93.5 cm³/mol. The highest BCUT2D eigenvalue weighted by Crippen LogP contribution is 2.28. The van der Waals surface area contributed by atoms with Crippen LogP contribution in [0.25, 0.3) is 0 Å². The van der Waals surface area contributed by atoms with Gasteiger partial charge in [0.05, 0.1) is 19.3 Å². The molecule has 1 aromatic carbocycles. The van der Waals surface area contributed by atoms with Gasteiger partial charge in [-0.3, -0.25) is 0 Å². The highest BCUT2D eigenvalue weighted by atomic mass is 16.5. The van der Waals surface area contributed by atoms with Crippen molar-refractivity contribution in [1.29, 1.82) is 0 Å². The summed E-state index contributed by atoms with van der Waals surface area (Å²) in [5.74, 6) is 1.44. The molecule has 1 aromatic rings. The van der Waals surface area contributed by atoms with Crippen molar-refractivity contribution < 1.29 is 9.84 Å². The second-order valence-corrected chi connectivity index (χ2v) is 6.20. The molecule has 1 aliphatic rings. The smallest absolute Gasteiger partial charge is 0.191 e. The average molecular weight is 319 g/mol. The van der Waals surface area contributed by atoms with Gasteiger partial charge in [0.2, 0.25) is 0 Å². The summed E-state index contributed by atoms with van der Waals surface area (Å²) in [6.07, 6.45) is 2.02. The van der Waals surface area contributed by atoms with Gasteiger partial charge in [-0.2, -0.15) is 0 Å². The maximum absolute atomic E-state index is 9.95. The van der Waals surface area contributed by atoms with E-state index in [9.17, 15) is 5.11 Å². The normalized spacial score (nSPS) is 16.2. The second kappa shape index (κ2) is 9.53. The molecule has 0 radical (unpaired) electrons. The van der Waals surface area contributed by atoms with E-state index in [1.165, 1.54) is 24.0 Å². The number of aliphatic imine (C=N–C) groups is 1. The van der Waals surface area contributed by atoms with Crippen molar-refractivity contribution in [3.05, 3.63) is 35.4 Å². The molecule has 1 unspecified atom stereocenters. The molecule has 0 aromatic heterocycles. The van der Waals surface area contributed by atoms with Crippen molar-refractivity contribution >= 4 is 5.96 Å². The van der Waals surface area contributed by atoms with E-state index in [0.29, 0.717) is 19.7 Å². The molecule has 23 heavy (non-hydrogen) atoms. The SMILES string of the molecule is CCNC(=NCc1cccc(C)c1)NCC(O)COCC1CC1. The Morgan fingerprint density at radius 3 is 2.91 bits per heavy atom. The Hall–Kier alpha value is -1.59. The van der Waals surface area contributed by atoms with Gasteiger partial charge in [-0.15, -0.1) is 0 Å². The molecule has 0 heterocycles. The summed E-state index contributed by atoms with van der Waals surface area (Å²) in [7, 11) is 0. The summed E-state index contributed by atoms with van der Waals surface area (Å²) >= 11 is 0. The van der Waals surface area contributed by atoms with E-state index in [2.05, 4.69) is 40.7 Å². The van der Waals surface area contributed by atoms with Gasteiger partial charge in [0.25, 0.3) is 0 Å². The van der Waals surface area contributed by atoms with Crippen molar-refractivity contribution in [2.24, 2.45) is 10.9 Å². The lowest BCUT2D eigenvalue weighted by Crippen LogP contribution is -2.42. The van der Waals surface area contributed by atoms with Gasteiger partial charge >= 0.3 is 0 Å². The van der Waals surface area contributed by atoms with Gasteiger partial charge in [0, 0.05) is 19.7 Å². The molecule has 3 N–H and O–H groups in total. The van der Waals surface area contributed by atoms with E-state index in [1.54, 1.807) is 0 Å². The number of hydrogen-bond acceptors (Lipinski definition) is 3. The molecular formula is C18H29N3O2. The van der Waals surface area contributed by atoms with E-state index in [1.807, 2.05) is 13.0 Å². The lowest BCUT2D eigenvalue weighted by atomic mass is 10.1. The number of nitrogens with zero attached hydrogens (tertiary/aromatic N) is 1. The molecule has 1 saturated carbocycles. The number of hydrogen-bond donors (Lipinski definition) is 3. The minimum Gasteiger partial charge on any atom is -0.389 e. The van der Waals surface area contributed by atoms with Crippen LogP contribution in [0.2, 0.25) is 0 Å². The van der Waals surface area contributed by atoms with Crippen LogP contribution in [0, 0.1) is 12.8 Å². The monoisotopic (exact) mass is 319 g/mol. The highest BCUT2D eigenvalue weighted by molar-refractivity contribution is 5.79. The molecule has 0 amide bonds. The van der Waals surface area contributed by atoms with Crippen molar-refractivity contribution in [3.8, 4) is 0 Å². The number of aryl methyl sites for hydroxylation is 1. The molecule has 0 bridgehead atoms. The largest absolute Gasteiger partial charge is 0.389 e. The molecule has 1 atom stereocenters. The summed E-state index contributed by atoms with van der Waals surface area (Å²) in [5, 5.41) is 16.3. The van der Waals surface area contributed by atoms with Crippen LogP contribution in [0.15, 0.2) is 29.3 Å². The molecule has 1 aliphatic carbocycles. The van der Waals surface area contributed by atoms with Crippen LogP contribution < -0.4 is 10.6 Å². The van der Waals surface area contributed by atoms with Gasteiger partial charge in [-0.25, -0.2) is 4.99 Å². The molecule has 1 fully saturated rings. The minimum absolute atomic E-state index is 0.376. The Balaban J connectivity index is 1.73. The first-order valence-electron chi connectivity index (χ1n) is 8.51. The third-order valence-electron chi connectivity index (χ3n) is 3.71. The number of ether oxygens (including phenoxy) is 1. The zero-order valence-electron chi connectivity index (χ0n) is 14.2. The summed E-state index contributed by atoms with van der Waals surface area (Å²) in [4.78, 5) is 4.56. The molecule has 5 heteroatoms. The van der Waals surface area contributed by atoms with E-state index < -0.39 is 6.10 Å². The van der Waals surface area contributed by atoms with Crippen LogP contribution in [-0.2, 0) is 11.3 Å². The quantitative estimate of drug-likeness (QED) is 0.480. The molecule has 0 saturated heterocycles. The predicted octanol–water partition coefficient (Wildman–Crippen LogP) is 1.84. The Labute approximate surface area is 139 Å². The topological polar surface area (TPSA) is 65.9 Å². The highest BCUT2D eigenvalue weighted by Gasteiger charge is 2.21. The molecule has 128 valence electrons. The molecule has 0 spiro atoms. The Kier molecular flexibility index (Phi) is 7.36. The van der Waals surface area contributed by atoms with Crippen LogP contribution in [-0.4, -0.2) is 43.5 Å². The van der Waals surface area contributed by atoms with Crippen LogP contribution in [0.4, 0.5) is 0 Å². The van der Waals surface area contributed by atoms with Crippen LogP contribution in [0.3, 0.4) is 0 Å². The fraction of sp³-hybridized carbons (Fsp3) is 0.611. The van der Waals surface area contributed by atoms with Gasteiger partial charge < -0.3 is 20.5 Å². The number of aliphatic hydroxyl groups excluding tert-OH is 1. The third-order valence-corrected chi connectivity index (χ3v) is 3.71. The number of rotatable bonds is 9. The molecule has 2 rings (SSSR count). The summed E-state index contributed by atoms with van der Waals surface area (Å²) < 4.78 is 5.50. The Bertz CT molecular complexity index is 501. The first-order valence-corrected chi connectivity index (χ1v) is 8.51. The average Bonchev–Trinajstić information content (AvgIpc) is 3.34. The lowest BCUT2D eigenvalue weighted by molar-refractivity contribution is 0.0345. The van der Waals surface area contributed by atoms with Crippen LogP contribution in [0.5, 0.6) is 0 Å². The maximum Gasteiger partial charge on any atom is 0.191 e. The Morgan fingerprint density at radius 2 is 2.22 bits per heavy atom. The first kappa shape index (κ1) is 17.8. The van der Waals surface area contributed by atoms with E-state index in [-0.39, 0.29) is 0 Å². The third kappa shape index (κ3) is 7.48. The van der Waals surface area contributed by atoms with Crippen molar-refractivity contribution in [2.45, 2.75) is 39.3 Å². The summed E-state index contributed by atoms with van der Waals surface area (Å²) in [6.45, 7) is 7.09. The fourth-order valence-electron chi connectivity index (χ4n) is 2.25. The zero-order chi connectivity index (χ0) is 16.5. The number of nitrogens with one attached hydrogen (secondary N) is 2. The van der Waals surface area contributed by atoms with E-state index >= 15 is 0 Å². The van der Waals surface area contributed by atoms with Gasteiger partial charge in [-0.1, -0.05) is 29.8 Å². The molecular weight excluding hydrogens is 290 g/mol. The second-order valence-electron chi connectivity index (χ2n) is 6.20. The minimum atomic E-state index is -0.517. The van der Waals surface area contributed by atoms with Crippen LogP contribution >= 0.6 is 0 Å². The first-order chi connectivity index (χ1) is 11.2. The van der Waals surface area contributed by atoms with Crippen molar-refractivity contribution in [3.63, 3.8) is 0 Å². The number of guanidine groups is 1. The molecule has 5 nitrogen and oxygen atoms in total. The maximum atomic E-state index is 9.95. The zero-order valence-corrected chi connectivity index (χ0v) is 14.2. The van der Waals surface area contributed by atoms with Crippen molar-refractivity contribution in [1.82, 2.24) is 10.6 Å².